The number of hydrogen-bond donors (Lipinski definition) is 1. The molecule has 1 aliphatic rings. The molecule has 0 saturated carbocycles. The zero-order valence-electron chi connectivity index (χ0n) is 20.5. The van der Waals surface area contributed by atoms with Gasteiger partial charge in [-0.1, -0.05) is 13.0 Å². The third-order valence-electron chi connectivity index (χ3n) is 6.91. The van der Waals surface area contributed by atoms with Gasteiger partial charge in [-0.3, -0.25) is 0 Å². The van der Waals surface area contributed by atoms with Gasteiger partial charge in [0.05, 0.1) is 19.9 Å². The first-order chi connectivity index (χ1) is 17.3. The van der Waals surface area contributed by atoms with Gasteiger partial charge in [0, 0.05) is 34.9 Å². The van der Waals surface area contributed by atoms with Gasteiger partial charge in [-0.15, -0.1) is 0 Å². The van der Waals surface area contributed by atoms with E-state index < -0.39 is 53.1 Å². The molecule has 0 unspecified atom stereocenters. The average Bonchev–Trinajstić information content (AvgIpc) is 3.38. The maximum atomic E-state index is 14.6. The van der Waals surface area contributed by atoms with Crippen molar-refractivity contribution in [2.75, 3.05) is 14.2 Å². The van der Waals surface area contributed by atoms with E-state index in [4.69, 9.17) is 9.47 Å². The van der Waals surface area contributed by atoms with Crippen LogP contribution in [-0.2, 0) is 9.47 Å². The summed E-state index contributed by atoms with van der Waals surface area (Å²) in [6.07, 6.45) is -4.73. The maximum Gasteiger partial charge on any atom is 0.417 e. The maximum absolute atomic E-state index is 14.6. The number of benzene rings is 1. The summed E-state index contributed by atoms with van der Waals surface area (Å²) in [7, 11) is 2.31. The Balaban J connectivity index is 1.86. The Morgan fingerprint density at radius 2 is 1.89 bits per heavy atom. The van der Waals surface area contributed by atoms with Gasteiger partial charge in [-0.05, 0) is 32.0 Å². The number of methoxy groups -OCH3 is 2. The van der Waals surface area contributed by atoms with Crippen LogP contribution in [0.4, 0.5) is 22.0 Å². The molecule has 0 bridgehead atoms. The molecule has 3 heterocycles. The van der Waals surface area contributed by atoms with Gasteiger partial charge in [0.25, 0.3) is 0 Å². The molecule has 12 heteroatoms. The second-order valence-corrected chi connectivity index (χ2v) is 8.96. The van der Waals surface area contributed by atoms with E-state index in [0.29, 0.717) is 17.0 Å². The van der Waals surface area contributed by atoms with Crippen LogP contribution in [0.2, 0.25) is 0 Å². The van der Waals surface area contributed by atoms with Gasteiger partial charge in [0.1, 0.15) is 17.6 Å². The SMILES string of the molecule is COC(=O)c1cc(-c2nc([C@@H]3O[C@@](C)(C(F)(F)F)[C@@H](C)[C@H]3c3ccc(F)c(F)c3OC)[nH]c2C)ccn1. The van der Waals surface area contributed by atoms with Crippen molar-refractivity contribution < 1.29 is 41.0 Å². The lowest BCUT2D eigenvalue weighted by atomic mass is 9.77. The van der Waals surface area contributed by atoms with Crippen LogP contribution < -0.4 is 4.74 Å². The lowest BCUT2D eigenvalue weighted by Gasteiger charge is -2.32. The highest BCUT2D eigenvalue weighted by Gasteiger charge is 2.65. The molecule has 4 rings (SSSR count). The Hall–Kier alpha value is -3.54. The molecule has 3 aromatic rings. The van der Waals surface area contributed by atoms with Gasteiger partial charge < -0.3 is 19.2 Å². The van der Waals surface area contributed by atoms with Crippen LogP contribution >= 0.6 is 0 Å². The molecule has 0 amide bonds. The smallest absolute Gasteiger partial charge is 0.417 e. The van der Waals surface area contributed by atoms with Crippen molar-refractivity contribution >= 4 is 5.97 Å². The third kappa shape index (κ3) is 4.32. The monoisotopic (exact) mass is 525 g/mol. The van der Waals surface area contributed by atoms with Gasteiger partial charge >= 0.3 is 12.1 Å². The molecule has 37 heavy (non-hydrogen) atoms. The molecule has 4 atom stereocenters. The van der Waals surface area contributed by atoms with E-state index in [1.165, 1.54) is 32.4 Å². The number of halogens is 5. The van der Waals surface area contributed by atoms with Gasteiger partial charge in [0.15, 0.2) is 17.2 Å². The summed E-state index contributed by atoms with van der Waals surface area (Å²) in [6, 6.07) is 5.04. The van der Waals surface area contributed by atoms with Crippen molar-refractivity contribution in [3.05, 3.63) is 64.9 Å². The summed E-state index contributed by atoms with van der Waals surface area (Å²) in [4.78, 5) is 23.3. The van der Waals surface area contributed by atoms with E-state index in [1.807, 2.05) is 0 Å². The molecule has 1 fully saturated rings. The lowest BCUT2D eigenvalue weighted by molar-refractivity contribution is -0.275. The van der Waals surface area contributed by atoms with E-state index >= 15 is 0 Å². The van der Waals surface area contributed by atoms with E-state index in [2.05, 4.69) is 19.7 Å². The standard InChI is InChI=1S/C25H24F5N3O4/c1-11-17(14-6-7-15(26)18(27)20(14)35-4)21(37-24(11,3)25(28,29)30)22-32-12(2)19(33-22)13-8-9-31-16(10-13)23(34)36-5/h6-11,17,21H,1-5H3,(H,32,33)/t11-,17-,21+,24+/m0/s1. The van der Waals surface area contributed by atoms with Crippen LogP contribution in [0.3, 0.4) is 0 Å². The number of rotatable bonds is 5. The second kappa shape index (κ2) is 9.40. The van der Waals surface area contributed by atoms with E-state index in [0.717, 1.165) is 20.1 Å². The highest BCUT2D eigenvalue weighted by Crippen LogP contribution is 2.59. The summed E-state index contributed by atoms with van der Waals surface area (Å²) in [5.41, 5.74) is -1.32. The Bertz CT molecular complexity index is 1340. The van der Waals surface area contributed by atoms with Crippen LogP contribution in [0, 0.1) is 24.5 Å². The first-order valence-corrected chi connectivity index (χ1v) is 11.2. The normalized spacial score (nSPS) is 23.8. The number of alkyl halides is 3. The van der Waals surface area contributed by atoms with Crippen molar-refractivity contribution in [3.63, 3.8) is 0 Å². The second-order valence-electron chi connectivity index (χ2n) is 8.96. The Kier molecular flexibility index (Phi) is 6.74. The highest BCUT2D eigenvalue weighted by atomic mass is 19.4. The molecular weight excluding hydrogens is 501 g/mol. The predicted molar refractivity (Wildman–Crippen MR) is 121 cm³/mol. The Morgan fingerprint density at radius 3 is 2.51 bits per heavy atom. The zero-order valence-corrected chi connectivity index (χ0v) is 20.5. The van der Waals surface area contributed by atoms with Crippen LogP contribution in [0.15, 0.2) is 30.5 Å². The minimum absolute atomic E-state index is 0.0133. The molecular formula is C25H24F5N3O4. The van der Waals surface area contributed by atoms with Crippen LogP contribution in [-0.4, -0.2) is 46.9 Å². The number of nitrogens with zero attached hydrogens (tertiary/aromatic N) is 2. The summed E-state index contributed by atoms with van der Waals surface area (Å²) < 4.78 is 86.6. The number of carbonyl (C=O) groups excluding carboxylic acids is 1. The molecule has 198 valence electrons. The van der Waals surface area contributed by atoms with E-state index in [9.17, 15) is 26.7 Å². The Morgan fingerprint density at radius 1 is 1.19 bits per heavy atom. The number of aromatic amines is 1. The van der Waals surface area contributed by atoms with Crippen LogP contribution in [0.25, 0.3) is 11.3 Å². The summed E-state index contributed by atoms with van der Waals surface area (Å²) in [6.45, 7) is 3.90. The van der Waals surface area contributed by atoms with Gasteiger partial charge in [-0.2, -0.15) is 17.6 Å². The number of imidazole rings is 1. The average molecular weight is 525 g/mol. The number of nitrogens with one attached hydrogen (secondary N) is 1. The first-order valence-electron chi connectivity index (χ1n) is 11.2. The largest absolute Gasteiger partial charge is 0.493 e. The van der Waals surface area contributed by atoms with Crippen molar-refractivity contribution in [1.29, 1.82) is 0 Å². The van der Waals surface area contributed by atoms with Crippen molar-refractivity contribution in [2.24, 2.45) is 5.92 Å². The number of H-pyrrole nitrogens is 1. The molecule has 1 saturated heterocycles. The number of aromatic nitrogens is 3. The Labute approximate surface area is 209 Å². The summed E-state index contributed by atoms with van der Waals surface area (Å²) >= 11 is 0. The molecule has 0 radical (unpaired) electrons. The number of pyridine rings is 1. The van der Waals surface area contributed by atoms with Gasteiger partial charge in [-0.25, -0.2) is 19.2 Å². The quantitative estimate of drug-likeness (QED) is 0.342. The molecule has 7 nitrogen and oxygen atoms in total. The van der Waals surface area contributed by atoms with Crippen molar-refractivity contribution in [1.82, 2.24) is 15.0 Å². The molecule has 1 N–H and O–H groups in total. The van der Waals surface area contributed by atoms with E-state index in [1.54, 1.807) is 13.0 Å². The van der Waals surface area contributed by atoms with Crippen LogP contribution in [0.5, 0.6) is 5.75 Å². The highest BCUT2D eigenvalue weighted by molar-refractivity contribution is 5.88. The molecule has 2 aromatic heterocycles. The van der Waals surface area contributed by atoms with Crippen molar-refractivity contribution in [3.8, 4) is 17.0 Å². The number of aryl methyl sites for hydroxylation is 1. The number of carbonyl (C=O) groups is 1. The minimum atomic E-state index is -4.78. The fourth-order valence-corrected chi connectivity index (χ4v) is 4.74. The third-order valence-corrected chi connectivity index (χ3v) is 6.91. The van der Waals surface area contributed by atoms with Crippen LogP contribution in [0.1, 0.15) is 53.4 Å². The van der Waals surface area contributed by atoms with E-state index in [-0.39, 0.29) is 17.1 Å². The lowest BCUT2D eigenvalue weighted by Crippen LogP contribution is -2.46. The van der Waals surface area contributed by atoms with Gasteiger partial charge in [0.2, 0.25) is 5.82 Å². The van der Waals surface area contributed by atoms with Crippen molar-refractivity contribution in [2.45, 2.75) is 44.6 Å². The minimum Gasteiger partial charge on any atom is -0.493 e. The fraction of sp³-hybridized carbons (Fsp3) is 0.400. The first kappa shape index (κ1) is 26.5. The molecule has 0 spiro atoms. The molecule has 1 aromatic carbocycles. The molecule has 0 aliphatic carbocycles. The number of esters is 1. The summed E-state index contributed by atoms with van der Waals surface area (Å²) in [5, 5.41) is 0. The predicted octanol–water partition coefficient (Wildman–Crippen LogP) is 5.67. The topological polar surface area (TPSA) is 86.3 Å². The molecule has 1 aliphatic heterocycles. The number of hydrogen-bond acceptors (Lipinski definition) is 6. The fourth-order valence-electron chi connectivity index (χ4n) is 4.74. The number of ether oxygens (including phenoxy) is 3. The zero-order chi connectivity index (χ0) is 27.3. The summed E-state index contributed by atoms with van der Waals surface area (Å²) in [5.74, 6) is -5.99.